The van der Waals surface area contributed by atoms with Crippen LogP contribution in [0, 0.1) is 0 Å². The average molecular weight is 374 g/mol. The Kier molecular flexibility index (Phi) is 5.64. The van der Waals surface area contributed by atoms with Crippen molar-refractivity contribution in [1.82, 2.24) is 0 Å². The third kappa shape index (κ3) is 4.14. The van der Waals surface area contributed by atoms with Crippen LogP contribution >= 0.6 is 0 Å². The number of nitrogens with one attached hydrogen (secondary N) is 1. The minimum absolute atomic E-state index is 0.0442. The minimum atomic E-state index is -1.05. The number of aliphatic imine (C=N–C) groups is 1. The van der Waals surface area contributed by atoms with Gasteiger partial charge in [-0.2, -0.15) is 0 Å². The summed E-state index contributed by atoms with van der Waals surface area (Å²) in [6.07, 6.45) is 0. The molecule has 0 atom stereocenters. The highest BCUT2D eigenvalue weighted by Gasteiger charge is 2.24. The highest BCUT2D eigenvalue weighted by atomic mass is 16.5. The van der Waals surface area contributed by atoms with Gasteiger partial charge in [0, 0.05) is 6.92 Å². The topological polar surface area (TPSA) is 138 Å². The molecule has 9 nitrogen and oxygen atoms in total. The summed E-state index contributed by atoms with van der Waals surface area (Å²) in [6, 6.07) is 4.64. The monoisotopic (exact) mass is 374 g/mol. The van der Waals surface area contributed by atoms with Gasteiger partial charge in [-0.05, 0) is 32.0 Å². The second kappa shape index (κ2) is 7.73. The number of amides is 1. The molecule has 0 bridgehead atoms. The van der Waals surface area contributed by atoms with Crippen molar-refractivity contribution < 1.29 is 29.0 Å². The Morgan fingerprint density at radius 1 is 1.15 bits per heavy atom. The Hall–Kier alpha value is -3.62. The fraction of sp³-hybridized carbons (Fsp3) is 0.222. The van der Waals surface area contributed by atoms with Gasteiger partial charge in [-0.15, -0.1) is 0 Å². The van der Waals surface area contributed by atoms with Crippen molar-refractivity contribution in [1.29, 1.82) is 0 Å². The van der Waals surface area contributed by atoms with E-state index in [4.69, 9.17) is 4.74 Å². The molecule has 2 aromatic rings. The molecular formula is C18H18N2O7. The highest BCUT2D eigenvalue weighted by molar-refractivity contribution is 6.07. The first-order valence-electron chi connectivity index (χ1n) is 7.77. The molecule has 0 aliphatic heterocycles. The van der Waals surface area contributed by atoms with E-state index in [1.807, 2.05) is 0 Å². The van der Waals surface area contributed by atoms with Gasteiger partial charge in [-0.1, -0.05) is 0 Å². The van der Waals surface area contributed by atoms with Crippen LogP contribution in [0.25, 0.3) is 0 Å². The number of ketones is 1. The average Bonchev–Trinajstić information content (AvgIpc) is 2.53. The van der Waals surface area contributed by atoms with Gasteiger partial charge in [-0.25, -0.2) is 4.79 Å². The van der Waals surface area contributed by atoms with Crippen LogP contribution in [-0.2, 0) is 4.79 Å². The third-order valence-electron chi connectivity index (χ3n) is 3.59. The molecule has 0 spiro atoms. The Balaban J connectivity index is 2.59. The van der Waals surface area contributed by atoms with Gasteiger partial charge in [0.15, 0.2) is 5.78 Å². The first-order valence-corrected chi connectivity index (χ1v) is 7.77. The molecule has 1 heterocycles. The number of ether oxygens (including phenoxy) is 1. The van der Waals surface area contributed by atoms with Crippen LogP contribution in [0.1, 0.15) is 36.7 Å². The number of nitrogens with zero attached hydrogens (tertiary/aromatic N) is 1. The Bertz CT molecular complexity index is 1010. The van der Waals surface area contributed by atoms with Crippen LogP contribution in [0.4, 0.5) is 11.4 Å². The number of carbonyl (C=O) groups is 2. The molecule has 0 unspecified atom stereocenters. The van der Waals surface area contributed by atoms with Crippen LogP contribution in [-0.4, -0.2) is 34.7 Å². The zero-order valence-electron chi connectivity index (χ0n) is 15.1. The molecule has 1 amide bonds. The number of hydrogen-bond donors (Lipinski definition) is 3. The van der Waals surface area contributed by atoms with Crippen LogP contribution in [0.15, 0.2) is 32.4 Å². The molecule has 9 heteroatoms. The molecule has 3 N–H and O–H groups in total. The largest absolute Gasteiger partial charge is 0.506 e. The van der Waals surface area contributed by atoms with Gasteiger partial charge in [0.25, 0.3) is 5.95 Å². The van der Waals surface area contributed by atoms with E-state index in [0.29, 0.717) is 17.1 Å². The molecule has 0 saturated heterocycles. The van der Waals surface area contributed by atoms with Crippen molar-refractivity contribution in [3.63, 3.8) is 0 Å². The van der Waals surface area contributed by atoms with Crippen molar-refractivity contribution >= 4 is 28.8 Å². The molecule has 0 aliphatic carbocycles. The maximum Gasteiger partial charge on any atom is 0.351 e. The van der Waals surface area contributed by atoms with E-state index in [1.54, 1.807) is 12.1 Å². The number of benzene rings is 1. The van der Waals surface area contributed by atoms with Gasteiger partial charge in [0.05, 0.1) is 24.2 Å². The van der Waals surface area contributed by atoms with Gasteiger partial charge in [0.2, 0.25) is 5.91 Å². The second-order valence-electron chi connectivity index (χ2n) is 5.61. The maximum atomic E-state index is 12.0. The first kappa shape index (κ1) is 19.7. The molecule has 0 saturated carbocycles. The number of anilines is 1. The fourth-order valence-electron chi connectivity index (χ4n) is 2.45. The van der Waals surface area contributed by atoms with E-state index < -0.39 is 28.7 Å². The van der Waals surface area contributed by atoms with Gasteiger partial charge in [-0.3, -0.25) is 14.6 Å². The maximum absolute atomic E-state index is 12.0. The number of methoxy groups -OCH3 is 1. The predicted molar refractivity (Wildman–Crippen MR) is 97.5 cm³/mol. The van der Waals surface area contributed by atoms with Crippen molar-refractivity contribution in [2.45, 2.75) is 20.8 Å². The third-order valence-corrected chi connectivity index (χ3v) is 3.59. The zero-order valence-corrected chi connectivity index (χ0v) is 15.1. The number of hydrogen-bond acceptors (Lipinski definition) is 8. The summed E-state index contributed by atoms with van der Waals surface area (Å²) in [5.74, 6) is -2.26. The Morgan fingerprint density at radius 2 is 1.81 bits per heavy atom. The van der Waals surface area contributed by atoms with Crippen molar-refractivity contribution in [3.05, 3.63) is 39.7 Å². The van der Waals surface area contributed by atoms with Crippen molar-refractivity contribution in [2.75, 3.05) is 12.4 Å². The zero-order chi connectivity index (χ0) is 20.3. The standard InChI is InChI=1S/C18H18N2O7/c1-8(14-16(23)15(9(2)21)18(25)27-17(14)24)19-11-5-6-13(26-4)12(7-11)20-10(3)22/h5-7,23,25H,1-4H3,(H,20,22). The van der Waals surface area contributed by atoms with Crippen LogP contribution in [0.2, 0.25) is 0 Å². The lowest BCUT2D eigenvalue weighted by atomic mass is 10.1. The molecule has 142 valence electrons. The highest BCUT2D eigenvalue weighted by Crippen LogP contribution is 2.32. The summed E-state index contributed by atoms with van der Waals surface area (Å²) in [5, 5.41) is 22.4. The normalized spacial score (nSPS) is 11.2. The van der Waals surface area contributed by atoms with Crippen LogP contribution in [0.3, 0.4) is 0 Å². The molecule has 27 heavy (non-hydrogen) atoms. The summed E-state index contributed by atoms with van der Waals surface area (Å²) in [6.45, 7) is 3.87. The van der Waals surface area contributed by atoms with E-state index in [-0.39, 0.29) is 17.2 Å². The van der Waals surface area contributed by atoms with E-state index in [0.717, 1.165) is 6.92 Å². The van der Waals surface area contributed by atoms with E-state index in [9.17, 15) is 24.6 Å². The smallest absolute Gasteiger partial charge is 0.351 e. The van der Waals surface area contributed by atoms with E-state index in [1.165, 1.54) is 27.0 Å². The molecule has 1 aromatic heterocycles. The molecular weight excluding hydrogens is 356 g/mol. The Morgan fingerprint density at radius 3 is 2.37 bits per heavy atom. The lowest BCUT2D eigenvalue weighted by molar-refractivity contribution is -0.114. The molecule has 0 radical (unpaired) electrons. The molecule has 0 fully saturated rings. The Labute approximate surface area is 153 Å². The summed E-state index contributed by atoms with van der Waals surface area (Å²) >= 11 is 0. The number of aromatic hydroxyl groups is 2. The van der Waals surface area contributed by atoms with Gasteiger partial charge >= 0.3 is 5.63 Å². The van der Waals surface area contributed by atoms with Crippen LogP contribution < -0.4 is 15.7 Å². The summed E-state index contributed by atoms with van der Waals surface area (Å²) in [5.41, 5.74) is -1.16. The second-order valence-corrected chi connectivity index (χ2v) is 5.61. The molecule has 1 aromatic carbocycles. The summed E-state index contributed by atoms with van der Waals surface area (Å²) in [4.78, 5) is 39.1. The minimum Gasteiger partial charge on any atom is -0.506 e. The summed E-state index contributed by atoms with van der Waals surface area (Å²) in [7, 11) is 1.44. The number of carbonyl (C=O) groups excluding carboxylic acids is 2. The van der Waals surface area contributed by atoms with Gasteiger partial charge in [0.1, 0.15) is 22.6 Å². The lowest BCUT2D eigenvalue weighted by Crippen LogP contribution is -2.15. The molecule has 0 aliphatic rings. The first-order chi connectivity index (χ1) is 12.6. The fourth-order valence-corrected chi connectivity index (χ4v) is 2.45. The quantitative estimate of drug-likeness (QED) is 0.539. The number of Topliss-reactive ketones (excluding diaryl/α,β-unsaturated/α-hetero) is 1. The van der Waals surface area contributed by atoms with Gasteiger partial charge < -0.3 is 24.7 Å². The summed E-state index contributed by atoms with van der Waals surface area (Å²) < 4.78 is 9.77. The van der Waals surface area contributed by atoms with Crippen LogP contribution in [0.5, 0.6) is 17.4 Å². The van der Waals surface area contributed by atoms with E-state index in [2.05, 4.69) is 14.7 Å². The predicted octanol–water partition coefficient (Wildman–Crippen LogP) is 2.36. The van der Waals surface area contributed by atoms with E-state index >= 15 is 0 Å². The number of rotatable bonds is 5. The lowest BCUT2D eigenvalue weighted by Gasteiger charge is -2.10. The SMILES string of the molecule is COc1ccc(N=C(C)c2c(O)c(C(C)=O)c(O)oc2=O)cc1NC(C)=O. The van der Waals surface area contributed by atoms with Crippen molar-refractivity contribution in [3.8, 4) is 17.4 Å². The van der Waals surface area contributed by atoms with Crippen molar-refractivity contribution in [2.24, 2.45) is 4.99 Å². The molecule has 2 rings (SSSR count).